The number of nitrogens with zero attached hydrogens (tertiary/aromatic N) is 1. The zero-order chi connectivity index (χ0) is 16.6. The number of carbonyl (C=O) groups excluding carboxylic acids is 1. The summed E-state index contributed by atoms with van der Waals surface area (Å²) < 4.78 is 27.2. The molecule has 0 unspecified atom stereocenters. The van der Waals surface area contributed by atoms with E-state index in [9.17, 15) is 13.2 Å². The molecule has 0 aromatic heterocycles. The van der Waals surface area contributed by atoms with Crippen molar-refractivity contribution < 1.29 is 13.2 Å². The van der Waals surface area contributed by atoms with Crippen LogP contribution in [-0.4, -0.2) is 37.8 Å². The summed E-state index contributed by atoms with van der Waals surface area (Å²) in [4.78, 5) is 12.2. The molecule has 0 atom stereocenters. The molecule has 1 aliphatic heterocycles. The third-order valence-corrected chi connectivity index (χ3v) is 6.76. The molecule has 6 heteroatoms. The summed E-state index contributed by atoms with van der Waals surface area (Å²) in [5.74, 6) is 0.340. The van der Waals surface area contributed by atoms with Crippen molar-refractivity contribution >= 4 is 15.9 Å². The van der Waals surface area contributed by atoms with Crippen molar-refractivity contribution in [2.24, 2.45) is 5.92 Å². The second-order valence-corrected chi connectivity index (χ2v) is 8.64. The lowest BCUT2D eigenvalue weighted by Crippen LogP contribution is -2.46. The monoisotopic (exact) mass is 336 g/mol. The van der Waals surface area contributed by atoms with Crippen molar-refractivity contribution in [3.63, 3.8) is 0 Å². The fourth-order valence-corrected chi connectivity index (χ4v) is 4.81. The summed E-state index contributed by atoms with van der Waals surface area (Å²) >= 11 is 0. The predicted octanol–water partition coefficient (Wildman–Crippen LogP) is 1.98. The van der Waals surface area contributed by atoms with Crippen LogP contribution in [0.2, 0.25) is 0 Å². The zero-order valence-electron chi connectivity index (χ0n) is 13.7. The van der Waals surface area contributed by atoms with E-state index in [1.807, 2.05) is 26.0 Å². The maximum atomic E-state index is 12.8. The number of aryl methyl sites for hydroxylation is 2. The molecule has 1 aromatic carbocycles. The molecular weight excluding hydrogens is 312 g/mol. The molecule has 0 radical (unpaired) electrons. The van der Waals surface area contributed by atoms with Gasteiger partial charge in [-0.1, -0.05) is 17.7 Å². The smallest absolute Gasteiger partial charge is 0.243 e. The molecule has 1 saturated carbocycles. The number of benzene rings is 1. The van der Waals surface area contributed by atoms with Crippen molar-refractivity contribution in [1.29, 1.82) is 0 Å². The molecule has 1 saturated heterocycles. The molecule has 3 rings (SSSR count). The number of hydrogen-bond donors (Lipinski definition) is 1. The molecule has 126 valence electrons. The topological polar surface area (TPSA) is 66.5 Å². The second kappa shape index (κ2) is 6.24. The van der Waals surface area contributed by atoms with Gasteiger partial charge in [-0.3, -0.25) is 4.79 Å². The van der Waals surface area contributed by atoms with Crippen LogP contribution in [0.25, 0.3) is 0 Å². The first-order valence-electron chi connectivity index (χ1n) is 8.25. The van der Waals surface area contributed by atoms with Gasteiger partial charge < -0.3 is 5.32 Å². The fraction of sp³-hybridized carbons (Fsp3) is 0.588. The summed E-state index contributed by atoms with van der Waals surface area (Å²) in [5, 5.41) is 3.05. The third kappa shape index (κ3) is 3.58. The van der Waals surface area contributed by atoms with E-state index in [-0.39, 0.29) is 17.9 Å². The number of sulfonamides is 1. The number of rotatable bonds is 4. The molecule has 1 heterocycles. The van der Waals surface area contributed by atoms with E-state index in [0.29, 0.717) is 30.8 Å². The number of carbonyl (C=O) groups is 1. The first-order valence-corrected chi connectivity index (χ1v) is 9.70. The Hall–Kier alpha value is -1.40. The van der Waals surface area contributed by atoms with Crippen LogP contribution in [0.4, 0.5) is 0 Å². The number of piperidine rings is 1. The van der Waals surface area contributed by atoms with Crippen LogP contribution < -0.4 is 5.32 Å². The highest BCUT2D eigenvalue weighted by molar-refractivity contribution is 7.89. The standard InChI is InChI=1S/C17H24N2O3S/c1-12-3-6-16(13(2)11-12)23(21,22)19-9-7-15(8-10-19)18-17(20)14-4-5-14/h3,6,11,14-15H,4-5,7-10H2,1-2H3,(H,18,20). The lowest BCUT2D eigenvalue weighted by molar-refractivity contribution is -0.123. The minimum Gasteiger partial charge on any atom is -0.353 e. The quantitative estimate of drug-likeness (QED) is 0.914. The second-order valence-electron chi connectivity index (χ2n) is 6.73. The van der Waals surface area contributed by atoms with Gasteiger partial charge in [0.15, 0.2) is 0 Å². The van der Waals surface area contributed by atoms with Crippen molar-refractivity contribution in [2.75, 3.05) is 13.1 Å². The Balaban J connectivity index is 1.65. The van der Waals surface area contributed by atoms with E-state index in [1.54, 1.807) is 10.4 Å². The number of nitrogens with one attached hydrogen (secondary N) is 1. The summed E-state index contributed by atoms with van der Waals surface area (Å²) in [6, 6.07) is 5.53. The van der Waals surface area contributed by atoms with Gasteiger partial charge in [0.1, 0.15) is 0 Å². The van der Waals surface area contributed by atoms with Gasteiger partial charge in [-0.25, -0.2) is 8.42 Å². The molecule has 1 N–H and O–H groups in total. The Morgan fingerprint density at radius 2 is 1.78 bits per heavy atom. The highest BCUT2D eigenvalue weighted by Crippen LogP contribution is 2.30. The molecule has 1 aliphatic carbocycles. The molecule has 0 spiro atoms. The fourth-order valence-electron chi connectivity index (χ4n) is 3.13. The van der Waals surface area contributed by atoms with Gasteiger partial charge in [-0.05, 0) is 51.2 Å². The third-order valence-electron chi connectivity index (χ3n) is 4.70. The molecule has 1 amide bonds. The van der Waals surface area contributed by atoms with Crippen LogP contribution in [0, 0.1) is 19.8 Å². The Kier molecular flexibility index (Phi) is 4.47. The van der Waals surface area contributed by atoms with E-state index in [4.69, 9.17) is 0 Å². The molecule has 2 aliphatic rings. The van der Waals surface area contributed by atoms with Gasteiger partial charge in [-0.2, -0.15) is 4.31 Å². The Morgan fingerprint density at radius 1 is 1.13 bits per heavy atom. The van der Waals surface area contributed by atoms with Gasteiger partial charge in [-0.15, -0.1) is 0 Å². The summed E-state index contributed by atoms with van der Waals surface area (Å²) in [6.07, 6.45) is 3.35. The molecule has 23 heavy (non-hydrogen) atoms. The highest BCUT2D eigenvalue weighted by atomic mass is 32.2. The summed E-state index contributed by atoms with van der Waals surface area (Å²) in [5.41, 5.74) is 1.84. The van der Waals surface area contributed by atoms with E-state index < -0.39 is 10.0 Å². The van der Waals surface area contributed by atoms with E-state index in [2.05, 4.69) is 5.32 Å². The molecule has 0 bridgehead atoms. The molecule has 1 aromatic rings. The van der Waals surface area contributed by atoms with Crippen molar-refractivity contribution in [2.45, 2.75) is 50.5 Å². The minimum absolute atomic E-state index is 0.105. The molecular formula is C17H24N2O3S. The summed E-state index contributed by atoms with van der Waals surface area (Å²) in [6.45, 7) is 4.72. The predicted molar refractivity (Wildman–Crippen MR) is 88.6 cm³/mol. The van der Waals surface area contributed by atoms with Crippen LogP contribution in [0.5, 0.6) is 0 Å². The SMILES string of the molecule is Cc1ccc(S(=O)(=O)N2CCC(NC(=O)C3CC3)CC2)c(C)c1. The minimum atomic E-state index is -3.44. The van der Waals surface area contributed by atoms with Crippen LogP contribution in [0.1, 0.15) is 36.8 Å². The van der Waals surface area contributed by atoms with Crippen LogP contribution >= 0.6 is 0 Å². The maximum Gasteiger partial charge on any atom is 0.243 e. The molecule has 5 nitrogen and oxygen atoms in total. The van der Waals surface area contributed by atoms with Crippen LogP contribution in [-0.2, 0) is 14.8 Å². The lowest BCUT2D eigenvalue weighted by Gasteiger charge is -2.32. The number of amides is 1. The van der Waals surface area contributed by atoms with E-state index in [0.717, 1.165) is 24.0 Å². The van der Waals surface area contributed by atoms with E-state index in [1.165, 1.54) is 0 Å². The van der Waals surface area contributed by atoms with Gasteiger partial charge in [0.25, 0.3) is 0 Å². The largest absolute Gasteiger partial charge is 0.353 e. The Morgan fingerprint density at radius 3 is 2.35 bits per heavy atom. The van der Waals surface area contributed by atoms with Crippen LogP contribution in [0.15, 0.2) is 23.1 Å². The van der Waals surface area contributed by atoms with Gasteiger partial charge in [0, 0.05) is 25.0 Å². The average Bonchev–Trinajstić information content (AvgIpc) is 3.32. The summed E-state index contributed by atoms with van der Waals surface area (Å²) in [7, 11) is -3.44. The highest BCUT2D eigenvalue weighted by Gasteiger charge is 2.34. The Labute approximate surface area is 138 Å². The van der Waals surface area contributed by atoms with Crippen molar-refractivity contribution in [3.8, 4) is 0 Å². The van der Waals surface area contributed by atoms with Crippen molar-refractivity contribution in [1.82, 2.24) is 9.62 Å². The first kappa shape index (κ1) is 16.5. The number of hydrogen-bond acceptors (Lipinski definition) is 3. The maximum absolute atomic E-state index is 12.8. The lowest BCUT2D eigenvalue weighted by atomic mass is 10.1. The van der Waals surface area contributed by atoms with Gasteiger partial charge in [0.2, 0.25) is 15.9 Å². The molecule has 2 fully saturated rings. The van der Waals surface area contributed by atoms with Gasteiger partial charge in [0.05, 0.1) is 4.90 Å². The normalized spacial score (nSPS) is 20.4. The average molecular weight is 336 g/mol. The van der Waals surface area contributed by atoms with E-state index >= 15 is 0 Å². The van der Waals surface area contributed by atoms with Crippen molar-refractivity contribution in [3.05, 3.63) is 29.3 Å². The zero-order valence-corrected chi connectivity index (χ0v) is 14.5. The van der Waals surface area contributed by atoms with Crippen LogP contribution in [0.3, 0.4) is 0 Å². The first-order chi connectivity index (χ1) is 10.9. The Bertz CT molecular complexity index is 703. The van der Waals surface area contributed by atoms with Gasteiger partial charge >= 0.3 is 0 Å².